The van der Waals surface area contributed by atoms with Crippen LogP contribution in [0.1, 0.15) is 10.6 Å². The predicted octanol–water partition coefficient (Wildman–Crippen LogP) is 3.39. The first-order chi connectivity index (χ1) is 7.79. The lowest BCUT2D eigenvalue weighted by molar-refractivity contribution is 1.10. The van der Waals surface area contributed by atoms with Crippen LogP contribution < -0.4 is 5.32 Å². The zero-order valence-electron chi connectivity index (χ0n) is 8.27. The molecule has 5 heteroatoms. The molecule has 2 rings (SSSR count). The van der Waals surface area contributed by atoms with Gasteiger partial charge in [0.25, 0.3) is 0 Å². The van der Waals surface area contributed by atoms with Crippen LogP contribution in [0.5, 0.6) is 0 Å². The van der Waals surface area contributed by atoms with Crippen molar-refractivity contribution in [3.05, 3.63) is 44.8 Å². The highest BCUT2D eigenvalue weighted by molar-refractivity contribution is 9.10. The van der Waals surface area contributed by atoms with E-state index in [4.69, 9.17) is 5.26 Å². The van der Waals surface area contributed by atoms with Crippen molar-refractivity contribution in [3.63, 3.8) is 0 Å². The van der Waals surface area contributed by atoms with Crippen LogP contribution in [0.15, 0.2) is 34.2 Å². The van der Waals surface area contributed by atoms with E-state index < -0.39 is 0 Å². The summed E-state index contributed by atoms with van der Waals surface area (Å²) >= 11 is 4.93. The maximum absolute atomic E-state index is 8.98. The van der Waals surface area contributed by atoms with E-state index >= 15 is 0 Å². The van der Waals surface area contributed by atoms with Crippen molar-refractivity contribution in [2.75, 3.05) is 5.32 Å². The van der Waals surface area contributed by atoms with Crippen molar-refractivity contribution in [2.24, 2.45) is 0 Å². The number of nitriles is 1. The minimum Gasteiger partial charge on any atom is -0.377 e. The normalized spacial score (nSPS) is 9.75. The molecule has 1 aromatic heterocycles. The van der Waals surface area contributed by atoms with Gasteiger partial charge in [-0.3, -0.25) is 0 Å². The molecule has 0 saturated carbocycles. The van der Waals surface area contributed by atoms with Gasteiger partial charge in [0, 0.05) is 16.0 Å². The van der Waals surface area contributed by atoms with Crippen LogP contribution in [-0.4, -0.2) is 4.98 Å². The number of hydrogen-bond acceptors (Lipinski definition) is 4. The first kappa shape index (κ1) is 11.1. The number of benzene rings is 1. The molecule has 1 aromatic carbocycles. The number of thiazole rings is 1. The van der Waals surface area contributed by atoms with Gasteiger partial charge in [-0.05, 0) is 18.2 Å². The molecule has 0 atom stereocenters. The summed E-state index contributed by atoms with van der Waals surface area (Å²) in [7, 11) is 0. The van der Waals surface area contributed by atoms with Gasteiger partial charge in [-0.25, -0.2) is 4.98 Å². The first-order valence-corrected chi connectivity index (χ1v) is 6.29. The Hall–Kier alpha value is -1.38. The van der Waals surface area contributed by atoms with Crippen LogP contribution in [0.3, 0.4) is 0 Å². The van der Waals surface area contributed by atoms with E-state index in [2.05, 4.69) is 32.3 Å². The Labute approximate surface area is 106 Å². The minimum atomic E-state index is 0.630. The number of hydrogen-bond donors (Lipinski definition) is 1. The summed E-state index contributed by atoms with van der Waals surface area (Å²) in [6, 6.07) is 7.75. The lowest BCUT2D eigenvalue weighted by Gasteiger charge is -2.06. The van der Waals surface area contributed by atoms with Crippen LogP contribution in [-0.2, 0) is 6.54 Å². The van der Waals surface area contributed by atoms with Crippen LogP contribution in [0.25, 0.3) is 0 Å². The van der Waals surface area contributed by atoms with Crippen LogP contribution >= 0.6 is 27.3 Å². The van der Waals surface area contributed by atoms with Crippen molar-refractivity contribution in [1.82, 2.24) is 4.98 Å². The number of rotatable bonds is 3. The third-order valence-corrected chi connectivity index (χ3v) is 3.29. The van der Waals surface area contributed by atoms with E-state index in [1.807, 2.05) is 17.5 Å². The summed E-state index contributed by atoms with van der Waals surface area (Å²) in [5.74, 6) is 0. The molecule has 0 amide bonds. The summed E-state index contributed by atoms with van der Waals surface area (Å²) in [4.78, 5) is 4.17. The highest BCUT2D eigenvalue weighted by Crippen LogP contribution is 2.21. The van der Waals surface area contributed by atoms with Gasteiger partial charge in [0.05, 0.1) is 17.8 Å². The molecule has 0 unspecified atom stereocenters. The molecule has 0 aliphatic heterocycles. The number of aromatic nitrogens is 1. The second kappa shape index (κ2) is 5.10. The molecule has 3 nitrogen and oxygen atoms in total. The minimum absolute atomic E-state index is 0.630. The standard InChI is InChI=1S/C11H8BrN3S/c12-9-1-2-10(8(5-9)6-13)15-7-11-14-3-4-16-11/h1-5,15H,7H2. The predicted molar refractivity (Wildman–Crippen MR) is 68.3 cm³/mol. The van der Waals surface area contributed by atoms with Crippen LogP contribution in [0, 0.1) is 11.3 Å². The van der Waals surface area contributed by atoms with Gasteiger partial charge in [0.1, 0.15) is 11.1 Å². The molecule has 0 bridgehead atoms. The molecule has 0 saturated heterocycles. The van der Waals surface area contributed by atoms with Crippen molar-refractivity contribution in [2.45, 2.75) is 6.54 Å². The summed E-state index contributed by atoms with van der Waals surface area (Å²) in [6.45, 7) is 0.647. The fraction of sp³-hybridized carbons (Fsp3) is 0.0909. The van der Waals surface area contributed by atoms with E-state index in [9.17, 15) is 0 Å². The average Bonchev–Trinajstić information content (AvgIpc) is 2.80. The number of nitrogens with one attached hydrogen (secondary N) is 1. The summed E-state index contributed by atoms with van der Waals surface area (Å²) in [5, 5.41) is 15.1. The van der Waals surface area contributed by atoms with Gasteiger partial charge in [0.15, 0.2) is 0 Å². The molecule has 1 N–H and O–H groups in total. The Bertz CT molecular complexity index is 517. The third-order valence-electron chi connectivity index (χ3n) is 2.02. The van der Waals surface area contributed by atoms with Gasteiger partial charge >= 0.3 is 0 Å². The van der Waals surface area contributed by atoms with Gasteiger partial charge in [-0.1, -0.05) is 15.9 Å². The van der Waals surface area contributed by atoms with Crippen LogP contribution in [0.2, 0.25) is 0 Å². The van der Waals surface area contributed by atoms with Crippen molar-refractivity contribution in [3.8, 4) is 6.07 Å². The molecule has 0 aliphatic carbocycles. The van der Waals surface area contributed by atoms with E-state index in [0.717, 1.165) is 15.2 Å². The Morgan fingerprint density at radius 1 is 1.50 bits per heavy atom. The third kappa shape index (κ3) is 2.60. The maximum Gasteiger partial charge on any atom is 0.112 e. The average molecular weight is 294 g/mol. The monoisotopic (exact) mass is 293 g/mol. The second-order valence-electron chi connectivity index (χ2n) is 3.08. The molecule has 1 heterocycles. The first-order valence-electron chi connectivity index (χ1n) is 4.61. The highest BCUT2D eigenvalue weighted by Gasteiger charge is 2.03. The topological polar surface area (TPSA) is 48.7 Å². The summed E-state index contributed by atoms with van der Waals surface area (Å²) < 4.78 is 0.906. The van der Waals surface area contributed by atoms with Crippen molar-refractivity contribution in [1.29, 1.82) is 5.26 Å². The molecule has 0 fully saturated rings. The van der Waals surface area contributed by atoms with E-state index in [1.54, 1.807) is 23.6 Å². The number of halogens is 1. The molecule has 0 spiro atoms. The smallest absolute Gasteiger partial charge is 0.112 e. The lowest BCUT2D eigenvalue weighted by atomic mass is 10.2. The van der Waals surface area contributed by atoms with Gasteiger partial charge in [-0.2, -0.15) is 5.26 Å². The van der Waals surface area contributed by atoms with Gasteiger partial charge in [0.2, 0.25) is 0 Å². The van der Waals surface area contributed by atoms with Crippen molar-refractivity contribution < 1.29 is 0 Å². The molecular weight excluding hydrogens is 286 g/mol. The van der Waals surface area contributed by atoms with E-state index in [1.165, 1.54) is 0 Å². The number of nitrogens with zero attached hydrogens (tertiary/aromatic N) is 2. The number of anilines is 1. The maximum atomic E-state index is 8.98. The van der Waals surface area contributed by atoms with Crippen LogP contribution in [0.4, 0.5) is 5.69 Å². The Morgan fingerprint density at radius 3 is 3.06 bits per heavy atom. The molecule has 80 valence electrons. The quantitative estimate of drug-likeness (QED) is 0.944. The zero-order chi connectivity index (χ0) is 11.4. The molecule has 2 aromatic rings. The SMILES string of the molecule is N#Cc1cc(Br)ccc1NCc1nccs1. The van der Waals surface area contributed by atoms with Crippen molar-refractivity contribution >= 4 is 33.0 Å². The summed E-state index contributed by atoms with van der Waals surface area (Å²) in [5.41, 5.74) is 1.46. The molecule has 0 aliphatic rings. The Morgan fingerprint density at radius 2 is 2.38 bits per heavy atom. The second-order valence-corrected chi connectivity index (χ2v) is 4.98. The zero-order valence-corrected chi connectivity index (χ0v) is 10.7. The Kier molecular flexibility index (Phi) is 3.54. The van der Waals surface area contributed by atoms with E-state index in [0.29, 0.717) is 12.1 Å². The van der Waals surface area contributed by atoms with Gasteiger partial charge in [-0.15, -0.1) is 11.3 Å². The summed E-state index contributed by atoms with van der Waals surface area (Å²) in [6.07, 6.45) is 1.77. The lowest BCUT2D eigenvalue weighted by Crippen LogP contribution is -2.00. The molecule has 0 radical (unpaired) electrons. The van der Waals surface area contributed by atoms with E-state index in [-0.39, 0.29) is 0 Å². The Balaban J connectivity index is 2.13. The highest BCUT2D eigenvalue weighted by atomic mass is 79.9. The fourth-order valence-corrected chi connectivity index (χ4v) is 2.19. The largest absolute Gasteiger partial charge is 0.377 e. The fourth-order valence-electron chi connectivity index (χ4n) is 1.27. The van der Waals surface area contributed by atoms with Gasteiger partial charge < -0.3 is 5.32 Å². The molecular formula is C11H8BrN3S. The molecule has 16 heavy (non-hydrogen) atoms.